The highest BCUT2D eigenvalue weighted by atomic mass is 16.5. The maximum atomic E-state index is 5.87. The predicted octanol–water partition coefficient (Wildman–Crippen LogP) is 1.94. The van der Waals surface area contributed by atoms with E-state index < -0.39 is 0 Å². The van der Waals surface area contributed by atoms with Crippen molar-refractivity contribution in [3.05, 3.63) is 17.7 Å². The Morgan fingerprint density at radius 3 is 3.18 bits per heavy atom. The van der Waals surface area contributed by atoms with Crippen LogP contribution in [0.2, 0.25) is 0 Å². The molecule has 4 heteroatoms. The van der Waals surface area contributed by atoms with Crippen molar-refractivity contribution in [2.24, 2.45) is 0 Å². The van der Waals surface area contributed by atoms with Crippen LogP contribution in [0, 0.1) is 0 Å². The number of aromatic amines is 1. The van der Waals surface area contributed by atoms with E-state index in [1.807, 2.05) is 6.20 Å². The molecule has 17 heavy (non-hydrogen) atoms. The number of nitrogens with one attached hydrogen (secondary N) is 2. The Labute approximate surface area is 102 Å². The molecule has 1 aromatic rings. The van der Waals surface area contributed by atoms with E-state index in [1.165, 1.54) is 25.0 Å². The summed E-state index contributed by atoms with van der Waals surface area (Å²) >= 11 is 0. The van der Waals surface area contributed by atoms with Crippen LogP contribution >= 0.6 is 0 Å². The first-order chi connectivity index (χ1) is 8.36. The van der Waals surface area contributed by atoms with Gasteiger partial charge in [0.25, 0.3) is 0 Å². The maximum absolute atomic E-state index is 5.87. The summed E-state index contributed by atoms with van der Waals surface area (Å²) < 4.78 is 5.87. The van der Waals surface area contributed by atoms with Crippen LogP contribution in [0.4, 0.5) is 0 Å². The van der Waals surface area contributed by atoms with Crippen molar-refractivity contribution in [1.82, 2.24) is 15.3 Å². The molecule has 2 aliphatic rings. The molecule has 0 amide bonds. The molecule has 2 fully saturated rings. The lowest BCUT2D eigenvalue weighted by Crippen LogP contribution is -2.16. The van der Waals surface area contributed by atoms with Gasteiger partial charge in [0.05, 0.1) is 12.2 Å². The Morgan fingerprint density at radius 2 is 2.47 bits per heavy atom. The zero-order chi connectivity index (χ0) is 11.7. The van der Waals surface area contributed by atoms with Crippen LogP contribution in [-0.2, 0) is 11.3 Å². The monoisotopic (exact) mass is 235 g/mol. The first kappa shape index (κ1) is 11.2. The quantitative estimate of drug-likeness (QED) is 0.767. The van der Waals surface area contributed by atoms with E-state index in [1.54, 1.807) is 0 Å². The van der Waals surface area contributed by atoms with Crippen LogP contribution in [0.5, 0.6) is 0 Å². The van der Waals surface area contributed by atoms with Crippen molar-refractivity contribution in [1.29, 1.82) is 0 Å². The Morgan fingerprint density at radius 1 is 1.53 bits per heavy atom. The topological polar surface area (TPSA) is 49.9 Å². The second-order valence-electron chi connectivity index (χ2n) is 5.19. The number of nitrogens with zero attached hydrogens (tertiary/aromatic N) is 1. The van der Waals surface area contributed by atoms with Crippen LogP contribution in [0.3, 0.4) is 0 Å². The van der Waals surface area contributed by atoms with Gasteiger partial charge in [0.2, 0.25) is 0 Å². The van der Waals surface area contributed by atoms with Gasteiger partial charge in [-0.3, -0.25) is 0 Å². The summed E-state index contributed by atoms with van der Waals surface area (Å²) in [5, 5.41) is 3.39. The van der Waals surface area contributed by atoms with Crippen molar-refractivity contribution in [2.75, 3.05) is 6.54 Å². The molecule has 3 rings (SSSR count). The lowest BCUT2D eigenvalue weighted by molar-refractivity contribution is 0.0999. The zero-order valence-electron chi connectivity index (χ0n) is 10.4. The number of imidazole rings is 1. The smallest absolute Gasteiger partial charge is 0.112 e. The summed E-state index contributed by atoms with van der Waals surface area (Å²) in [5.74, 6) is 1.64. The van der Waals surface area contributed by atoms with Crippen molar-refractivity contribution < 1.29 is 4.74 Å². The Kier molecular flexibility index (Phi) is 3.16. The average Bonchev–Trinajstić information content (AvgIpc) is 3.04. The predicted molar refractivity (Wildman–Crippen MR) is 65.8 cm³/mol. The van der Waals surface area contributed by atoms with Crippen LogP contribution in [-0.4, -0.2) is 28.7 Å². The fourth-order valence-electron chi connectivity index (χ4n) is 2.98. The fourth-order valence-corrected chi connectivity index (χ4v) is 2.98. The Hall–Kier alpha value is -0.870. The third kappa shape index (κ3) is 2.24. The average molecular weight is 235 g/mol. The van der Waals surface area contributed by atoms with E-state index in [9.17, 15) is 0 Å². The third-order valence-electron chi connectivity index (χ3n) is 3.85. The molecule has 3 heterocycles. The third-order valence-corrected chi connectivity index (χ3v) is 3.85. The number of aromatic nitrogens is 2. The zero-order valence-corrected chi connectivity index (χ0v) is 10.4. The highest BCUT2D eigenvalue weighted by Gasteiger charge is 2.42. The van der Waals surface area contributed by atoms with E-state index >= 15 is 0 Å². The first-order valence-electron chi connectivity index (χ1n) is 6.76. The van der Waals surface area contributed by atoms with E-state index in [0.717, 1.165) is 25.3 Å². The Bertz CT molecular complexity index is 376. The molecule has 0 spiro atoms. The number of ether oxygens (including phenoxy) is 1. The van der Waals surface area contributed by atoms with Gasteiger partial charge in [0.15, 0.2) is 0 Å². The van der Waals surface area contributed by atoms with Gasteiger partial charge < -0.3 is 15.0 Å². The molecule has 1 aromatic heterocycles. The van der Waals surface area contributed by atoms with Crippen LogP contribution in [0.25, 0.3) is 0 Å². The summed E-state index contributed by atoms with van der Waals surface area (Å²) in [6.45, 7) is 4.13. The van der Waals surface area contributed by atoms with Gasteiger partial charge in [-0.2, -0.15) is 0 Å². The van der Waals surface area contributed by atoms with Gasteiger partial charge in [-0.05, 0) is 32.2 Å². The van der Waals surface area contributed by atoms with Gasteiger partial charge in [0.1, 0.15) is 5.82 Å². The lowest BCUT2D eigenvalue weighted by atomic mass is 9.89. The number of hydrogen-bond donors (Lipinski definition) is 2. The molecule has 2 saturated heterocycles. The molecule has 2 N–H and O–H groups in total. The molecule has 3 atom stereocenters. The second kappa shape index (κ2) is 4.78. The van der Waals surface area contributed by atoms with E-state index in [0.29, 0.717) is 18.1 Å². The molecular weight excluding hydrogens is 214 g/mol. The Balaban J connectivity index is 1.60. The summed E-state index contributed by atoms with van der Waals surface area (Å²) in [6.07, 6.45) is 7.65. The molecule has 0 aromatic carbocycles. The van der Waals surface area contributed by atoms with Crippen molar-refractivity contribution >= 4 is 0 Å². The van der Waals surface area contributed by atoms with Gasteiger partial charge in [0, 0.05) is 24.4 Å². The minimum absolute atomic E-state index is 0.419. The molecule has 2 bridgehead atoms. The number of fused-ring (bicyclic) bond motifs is 2. The minimum atomic E-state index is 0.419. The molecule has 0 aliphatic carbocycles. The summed E-state index contributed by atoms with van der Waals surface area (Å²) in [7, 11) is 0. The summed E-state index contributed by atoms with van der Waals surface area (Å²) in [5.41, 5.74) is 1.19. The maximum Gasteiger partial charge on any atom is 0.112 e. The molecular formula is C13H21N3O. The molecule has 94 valence electrons. The van der Waals surface area contributed by atoms with Gasteiger partial charge in [-0.25, -0.2) is 4.98 Å². The van der Waals surface area contributed by atoms with Crippen molar-refractivity contribution in [3.63, 3.8) is 0 Å². The number of hydrogen-bond acceptors (Lipinski definition) is 3. The molecule has 4 nitrogen and oxygen atoms in total. The number of H-pyrrole nitrogens is 1. The summed E-state index contributed by atoms with van der Waals surface area (Å²) in [6, 6.07) is 0. The SMILES string of the molecule is CCCNCc1cnc(C2CC3CCC2O3)[nH]1. The molecule has 3 unspecified atom stereocenters. The van der Waals surface area contributed by atoms with E-state index in [4.69, 9.17) is 4.74 Å². The number of rotatable bonds is 5. The molecule has 0 saturated carbocycles. The van der Waals surface area contributed by atoms with Crippen LogP contribution in [0.1, 0.15) is 50.0 Å². The standard InChI is InChI=1S/C13H21N3O/c1-2-5-14-7-9-8-15-13(16-9)11-6-10-3-4-12(11)17-10/h8,10-12,14H,2-7H2,1H3,(H,15,16). The van der Waals surface area contributed by atoms with Crippen LogP contribution < -0.4 is 5.32 Å². The molecule has 0 radical (unpaired) electrons. The van der Waals surface area contributed by atoms with Crippen molar-refractivity contribution in [2.45, 2.75) is 57.3 Å². The van der Waals surface area contributed by atoms with Gasteiger partial charge >= 0.3 is 0 Å². The highest BCUT2D eigenvalue weighted by Crippen LogP contribution is 2.43. The normalized spacial score (nSPS) is 31.2. The summed E-state index contributed by atoms with van der Waals surface area (Å²) in [4.78, 5) is 7.97. The lowest BCUT2D eigenvalue weighted by Gasteiger charge is -2.15. The van der Waals surface area contributed by atoms with Crippen LogP contribution in [0.15, 0.2) is 6.20 Å². The largest absolute Gasteiger partial charge is 0.374 e. The van der Waals surface area contributed by atoms with Gasteiger partial charge in [-0.15, -0.1) is 0 Å². The first-order valence-corrected chi connectivity index (χ1v) is 6.76. The van der Waals surface area contributed by atoms with Crippen molar-refractivity contribution in [3.8, 4) is 0 Å². The highest BCUT2D eigenvalue weighted by molar-refractivity contribution is 5.11. The fraction of sp³-hybridized carbons (Fsp3) is 0.769. The molecule has 2 aliphatic heterocycles. The van der Waals surface area contributed by atoms with E-state index in [2.05, 4.69) is 22.2 Å². The van der Waals surface area contributed by atoms with E-state index in [-0.39, 0.29) is 0 Å². The second-order valence-corrected chi connectivity index (χ2v) is 5.19. The minimum Gasteiger partial charge on any atom is -0.374 e. The van der Waals surface area contributed by atoms with Gasteiger partial charge in [-0.1, -0.05) is 6.92 Å².